The van der Waals surface area contributed by atoms with Gasteiger partial charge in [-0.25, -0.2) is 0 Å². The minimum atomic E-state index is -4.69. The van der Waals surface area contributed by atoms with Gasteiger partial charge in [0.05, 0.1) is 12.0 Å². The van der Waals surface area contributed by atoms with Gasteiger partial charge in [0, 0.05) is 11.3 Å². The first-order valence-corrected chi connectivity index (χ1v) is 9.22. The molecular formula is C20H19F3O2S. The van der Waals surface area contributed by atoms with E-state index in [1.807, 2.05) is 0 Å². The van der Waals surface area contributed by atoms with Crippen molar-refractivity contribution in [3.05, 3.63) is 70.8 Å². The van der Waals surface area contributed by atoms with Crippen molar-refractivity contribution in [2.45, 2.75) is 30.9 Å². The smallest absolute Gasteiger partial charge is 0.391 e. The van der Waals surface area contributed by atoms with Crippen LogP contribution in [0.25, 0.3) is 0 Å². The van der Waals surface area contributed by atoms with Gasteiger partial charge in [0.1, 0.15) is 4.75 Å². The van der Waals surface area contributed by atoms with Crippen molar-refractivity contribution in [3.8, 4) is 0 Å². The maximum atomic E-state index is 14.4. The molecule has 0 bridgehead atoms. The Hall–Kier alpha value is -1.79. The highest BCUT2D eigenvalue weighted by Gasteiger charge is 2.67. The Kier molecular flexibility index (Phi) is 4.92. The molecule has 1 N–H and O–H groups in total. The molecule has 0 aliphatic carbocycles. The first kappa shape index (κ1) is 19.0. The van der Waals surface area contributed by atoms with Crippen LogP contribution < -0.4 is 0 Å². The standard InChI is InChI=1S/C20H19F3O2S/c1-12-8-13(2)10-15(9-12)19(20(21,22)23)17(16(24)11-26-19)18(25)14-6-4-3-5-7-14/h3-10,16-17,24H,11H2,1-2H3/t16-,17+,19-/m1/s1. The molecule has 6 heteroatoms. The van der Waals surface area contributed by atoms with Gasteiger partial charge in [-0.2, -0.15) is 13.2 Å². The highest BCUT2D eigenvalue weighted by atomic mass is 32.2. The number of Topliss-reactive ketones (excluding diaryl/α,β-unsaturated/α-hetero) is 1. The van der Waals surface area contributed by atoms with E-state index in [9.17, 15) is 23.1 Å². The molecule has 1 aliphatic rings. The summed E-state index contributed by atoms with van der Waals surface area (Å²) in [6.45, 7) is 3.45. The number of hydrogen-bond donors (Lipinski definition) is 1. The van der Waals surface area contributed by atoms with Crippen LogP contribution >= 0.6 is 11.8 Å². The van der Waals surface area contributed by atoms with Gasteiger partial charge >= 0.3 is 6.18 Å². The molecule has 0 aromatic heterocycles. The summed E-state index contributed by atoms with van der Waals surface area (Å²) in [5, 5.41) is 10.4. The second-order valence-electron chi connectivity index (χ2n) is 6.70. The van der Waals surface area contributed by atoms with Gasteiger partial charge in [-0.3, -0.25) is 4.79 Å². The molecule has 3 atom stereocenters. The van der Waals surface area contributed by atoms with E-state index in [4.69, 9.17) is 0 Å². The van der Waals surface area contributed by atoms with Crippen molar-refractivity contribution >= 4 is 17.5 Å². The fourth-order valence-electron chi connectivity index (χ4n) is 3.69. The predicted octanol–water partition coefficient (Wildman–Crippen LogP) is 4.67. The molecule has 26 heavy (non-hydrogen) atoms. The third-order valence-corrected chi connectivity index (χ3v) is 6.40. The van der Waals surface area contributed by atoms with Crippen LogP contribution in [0.5, 0.6) is 0 Å². The molecule has 2 nitrogen and oxygen atoms in total. The van der Waals surface area contributed by atoms with Crippen LogP contribution in [0.15, 0.2) is 48.5 Å². The number of hydrogen-bond acceptors (Lipinski definition) is 3. The van der Waals surface area contributed by atoms with Crippen LogP contribution in [0.1, 0.15) is 27.0 Å². The van der Waals surface area contributed by atoms with E-state index in [0.29, 0.717) is 22.9 Å². The Morgan fingerprint density at radius 1 is 1.12 bits per heavy atom. The largest absolute Gasteiger partial charge is 0.408 e. The fourth-order valence-corrected chi connectivity index (χ4v) is 5.21. The summed E-state index contributed by atoms with van der Waals surface area (Å²) in [6.07, 6.45) is -6.06. The lowest BCUT2D eigenvalue weighted by Gasteiger charge is -2.37. The number of rotatable bonds is 3. The highest BCUT2D eigenvalue weighted by molar-refractivity contribution is 8.00. The normalized spacial score (nSPS) is 26.1. The summed E-state index contributed by atoms with van der Waals surface area (Å²) in [5.41, 5.74) is 1.59. The SMILES string of the molecule is Cc1cc(C)cc([C@@]2(C(F)(F)F)SC[C@@H](O)[C@H]2C(=O)c2ccccc2)c1. The van der Waals surface area contributed by atoms with Crippen LogP contribution in [0, 0.1) is 19.8 Å². The summed E-state index contributed by atoms with van der Waals surface area (Å²) >= 11 is 0.611. The highest BCUT2D eigenvalue weighted by Crippen LogP contribution is 2.60. The first-order valence-electron chi connectivity index (χ1n) is 8.23. The first-order chi connectivity index (χ1) is 12.2. The summed E-state index contributed by atoms with van der Waals surface area (Å²) in [5.74, 6) is -2.41. The zero-order valence-electron chi connectivity index (χ0n) is 14.4. The number of halogens is 3. The van der Waals surface area contributed by atoms with E-state index in [1.54, 1.807) is 38.1 Å². The molecule has 2 aromatic rings. The minimum Gasteiger partial charge on any atom is -0.391 e. The average Bonchev–Trinajstić information content (AvgIpc) is 2.92. The monoisotopic (exact) mass is 380 g/mol. The molecule has 0 saturated carbocycles. The van der Waals surface area contributed by atoms with E-state index in [-0.39, 0.29) is 16.9 Å². The van der Waals surface area contributed by atoms with Gasteiger partial charge in [0.15, 0.2) is 5.78 Å². The molecule has 3 rings (SSSR count). The van der Waals surface area contributed by atoms with Crippen molar-refractivity contribution in [2.24, 2.45) is 5.92 Å². The van der Waals surface area contributed by atoms with Crippen LogP contribution in [-0.2, 0) is 4.75 Å². The number of thioether (sulfide) groups is 1. The summed E-state index contributed by atoms with van der Waals surface area (Å²) in [4.78, 5) is 13.0. The Balaban J connectivity index is 2.21. The number of aryl methyl sites for hydroxylation is 2. The number of carbonyl (C=O) groups excluding carboxylic acids is 1. The third kappa shape index (κ3) is 3.05. The zero-order chi connectivity index (χ0) is 19.1. The van der Waals surface area contributed by atoms with Crippen molar-refractivity contribution in [2.75, 3.05) is 5.75 Å². The predicted molar refractivity (Wildman–Crippen MR) is 96.4 cm³/mol. The topological polar surface area (TPSA) is 37.3 Å². The van der Waals surface area contributed by atoms with Crippen molar-refractivity contribution in [1.82, 2.24) is 0 Å². The second kappa shape index (κ2) is 6.74. The summed E-state index contributed by atoms with van der Waals surface area (Å²) < 4.78 is 40.7. The van der Waals surface area contributed by atoms with E-state index in [0.717, 1.165) is 0 Å². The maximum Gasteiger partial charge on any atom is 0.408 e. The average molecular weight is 380 g/mol. The molecule has 138 valence electrons. The van der Waals surface area contributed by atoms with Gasteiger partial charge < -0.3 is 5.11 Å². The number of aliphatic hydroxyl groups excluding tert-OH is 1. The number of benzene rings is 2. The van der Waals surface area contributed by atoms with Crippen molar-refractivity contribution in [3.63, 3.8) is 0 Å². The van der Waals surface area contributed by atoms with Crippen molar-refractivity contribution < 1.29 is 23.1 Å². The summed E-state index contributed by atoms with van der Waals surface area (Å²) in [6, 6.07) is 12.6. The minimum absolute atomic E-state index is 0.0262. The summed E-state index contributed by atoms with van der Waals surface area (Å²) in [7, 11) is 0. The van der Waals surface area contributed by atoms with E-state index in [2.05, 4.69) is 0 Å². The molecule has 0 amide bonds. The van der Waals surface area contributed by atoms with Gasteiger partial charge in [0.25, 0.3) is 0 Å². The Morgan fingerprint density at radius 3 is 2.23 bits per heavy atom. The van der Waals surface area contributed by atoms with Gasteiger partial charge in [-0.15, -0.1) is 11.8 Å². The lowest BCUT2D eigenvalue weighted by atomic mass is 9.76. The van der Waals surface area contributed by atoms with Crippen LogP contribution in [0.4, 0.5) is 13.2 Å². The Labute approximate surface area is 154 Å². The molecule has 1 saturated heterocycles. The second-order valence-corrected chi connectivity index (χ2v) is 7.96. The number of ketones is 1. The quantitative estimate of drug-likeness (QED) is 0.787. The number of alkyl halides is 3. The van der Waals surface area contributed by atoms with Crippen molar-refractivity contribution in [1.29, 1.82) is 0 Å². The molecule has 2 aromatic carbocycles. The van der Waals surface area contributed by atoms with E-state index < -0.39 is 28.7 Å². The Bertz CT molecular complexity index is 799. The molecule has 1 fully saturated rings. The van der Waals surface area contributed by atoms with Crippen LogP contribution in [-0.4, -0.2) is 28.9 Å². The number of aliphatic hydroxyl groups is 1. The van der Waals surface area contributed by atoms with Gasteiger partial charge in [-0.1, -0.05) is 59.7 Å². The lowest BCUT2D eigenvalue weighted by Crippen LogP contribution is -2.49. The lowest BCUT2D eigenvalue weighted by molar-refractivity contribution is -0.174. The van der Waals surface area contributed by atoms with E-state index >= 15 is 0 Å². The number of carbonyl (C=O) groups is 1. The van der Waals surface area contributed by atoms with Gasteiger partial charge in [-0.05, 0) is 19.4 Å². The van der Waals surface area contributed by atoms with Gasteiger partial charge in [0.2, 0.25) is 0 Å². The van der Waals surface area contributed by atoms with Crippen LogP contribution in [0.2, 0.25) is 0 Å². The Morgan fingerprint density at radius 2 is 1.69 bits per heavy atom. The molecule has 1 heterocycles. The fraction of sp³-hybridized carbons (Fsp3) is 0.350. The molecule has 0 unspecified atom stereocenters. The molecule has 0 spiro atoms. The molecule has 1 aliphatic heterocycles. The van der Waals surface area contributed by atoms with E-state index in [1.165, 1.54) is 24.3 Å². The third-order valence-electron chi connectivity index (χ3n) is 4.72. The molecule has 0 radical (unpaired) electrons. The zero-order valence-corrected chi connectivity index (χ0v) is 15.2. The molecular weight excluding hydrogens is 361 g/mol. The maximum absolute atomic E-state index is 14.4. The van der Waals surface area contributed by atoms with Crippen LogP contribution in [0.3, 0.4) is 0 Å².